The van der Waals surface area contributed by atoms with E-state index >= 15 is 0 Å². The first-order valence-electron chi connectivity index (χ1n) is 8.09. The molecule has 0 spiro atoms. The van der Waals surface area contributed by atoms with E-state index in [1.54, 1.807) is 12.1 Å². The molecule has 0 saturated heterocycles. The van der Waals surface area contributed by atoms with Gasteiger partial charge in [-0.2, -0.15) is 0 Å². The van der Waals surface area contributed by atoms with E-state index < -0.39 is 11.9 Å². The van der Waals surface area contributed by atoms with Crippen molar-refractivity contribution in [1.29, 1.82) is 0 Å². The maximum Gasteiger partial charge on any atom is 0.336 e. The van der Waals surface area contributed by atoms with Crippen LogP contribution in [0, 0.1) is 13.8 Å². The fourth-order valence-corrected chi connectivity index (χ4v) is 2.26. The van der Waals surface area contributed by atoms with Crippen molar-refractivity contribution in [3.63, 3.8) is 0 Å². The molecule has 4 nitrogen and oxygen atoms in total. The van der Waals surface area contributed by atoms with Gasteiger partial charge in [0.2, 0.25) is 0 Å². The normalized spacial score (nSPS) is 12.2. The summed E-state index contributed by atoms with van der Waals surface area (Å²) in [6.45, 7) is 7.84. The summed E-state index contributed by atoms with van der Waals surface area (Å²) >= 11 is 0. The number of ether oxygens (including phenoxy) is 2. The SMILES string of the molecule is CCCCCC(C)OC(=O)/C=C/C(=O)Oc1cc(C)cc(C)c1. The summed E-state index contributed by atoms with van der Waals surface area (Å²) in [6.07, 6.45) is 6.18. The highest BCUT2D eigenvalue weighted by Gasteiger charge is 2.08. The Morgan fingerprint density at radius 2 is 1.65 bits per heavy atom. The van der Waals surface area contributed by atoms with Crippen molar-refractivity contribution >= 4 is 11.9 Å². The Morgan fingerprint density at radius 1 is 1.04 bits per heavy atom. The van der Waals surface area contributed by atoms with Gasteiger partial charge >= 0.3 is 11.9 Å². The molecule has 0 saturated carbocycles. The van der Waals surface area contributed by atoms with Gasteiger partial charge < -0.3 is 9.47 Å². The topological polar surface area (TPSA) is 52.6 Å². The van der Waals surface area contributed by atoms with Gasteiger partial charge in [0.05, 0.1) is 6.10 Å². The zero-order chi connectivity index (χ0) is 17.2. The zero-order valence-electron chi connectivity index (χ0n) is 14.4. The number of carbonyl (C=O) groups is 2. The molecule has 0 N–H and O–H groups in total. The number of carbonyl (C=O) groups excluding carboxylic acids is 2. The van der Waals surface area contributed by atoms with Gasteiger partial charge in [0.15, 0.2) is 0 Å². The van der Waals surface area contributed by atoms with Gasteiger partial charge in [0.1, 0.15) is 5.75 Å². The Kier molecular flexibility index (Phi) is 8.09. The monoisotopic (exact) mass is 318 g/mol. The van der Waals surface area contributed by atoms with Crippen LogP contribution in [0.25, 0.3) is 0 Å². The first kappa shape index (κ1) is 18.9. The van der Waals surface area contributed by atoms with E-state index in [1.807, 2.05) is 26.8 Å². The largest absolute Gasteiger partial charge is 0.460 e. The standard InChI is InChI=1S/C19H26O4/c1-5-6-7-8-16(4)22-18(20)9-10-19(21)23-17-12-14(2)11-15(3)13-17/h9-13,16H,5-8H2,1-4H3/b10-9+. The van der Waals surface area contributed by atoms with Crippen LogP contribution in [0.15, 0.2) is 30.4 Å². The van der Waals surface area contributed by atoms with Gasteiger partial charge in [-0.15, -0.1) is 0 Å². The number of rotatable bonds is 8. The van der Waals surface area contributed by atoms with Crippen molar-refractivity contribution in [3.05, 3.63) is 41.5 Å². The first-order valence-corrected chi connectivity index (χ1v) is 8.09. The molecule has 0 aromatic heterocycles. The van der Waals surface area contributed by atoms with Gasteiger partial charge in [-0.25, -0.2) is 9.59 Å². The van der Waals surface area contributed by atoms with Crippen LogP contribution >= 0.6 is 0 Å². The minimum absolute atomic E-state index is 0.144. The molecule has 1 rings (SSSR count). The second-order valence-corrected chi connectivity index (χ2v) is 5.82. The lowest BCUT2D eigenvalue weighted by molar-refractivity contribution is -0.143. The zero-order valence-corrected chi connectivity index (χ0v) is 14.4. The highest BCUT2D eigenvalue weighted by atomic mass is 16.5. The molecular formula is C19H26O4. The summed E-state index contributed by atoms with van der Waals surface area (Å²) in [5.74, 6) is -0.643. The molecule has 0 aliphatic heterocycles. The van der Waals surface area contributed by atoms with E-state index in [0.717, 1.165) is 49.0 Å². The lowest BCUT2D eigenvalue weighted by Gasteiger charge is -2.11. The van der Waals surface area contributed by atoms with Crippen LogP contribution in [-0.2, 0) is 14.3 Å². The molecule has 126 valence electrons. The summed E-state index contributed by atoms with van der Waals surface area (Å²) in [4.78, 5) is 23.4. The molecule has 0 amide bonds. The molecule has 0 fully saturated rings. The van der Waals surface area contributed by atoms with Crippen molar-refractivity contribution in [1.82, 2.24) is 0 Å². The van der Waals surface area contributed by atoms with E-state index in [2.05, 4.69) is 6.92 Å². The smallest absolute Gasteiger partial charge is 0.336 e. The third-order valence-electron chi connectivity index (χ3n) is 3.30. The van der Waals surface area contributed by atoms with E-state index in [9.17, 15) is 9.59 Å². The molecule has 0 aliphatic carbocycles. The van der Waals surface area contributed by atoms with Crippen molar-refractivity contribution in [3.8, 4) is 5.75 Å². The van der Waals surface area contributed by atoms with Crippen LogP contribution in [0.4, 0.5) is 0 Å². The van der Waals surface area contributed by atoms with E-state index in [0.29, 0.717) is 5.75 Å². The Bertz CT molecular complexity index is 540. The molecule has 0 aliphatic rings. The van der Waals surface area contributed by atoms with Crippen LogP contribution in [0.5, 0.6) is 5.75 Å². The fraction of sp³-hybridized carbons (Fsp3) is 0.474. The van der Waals surface area contributed by atoms with Gasteiger partial charge in [-0.3, -0.25) is 0 Å². The summed E-state index contributed by atoms with van der Waals surface area (Å²) in [6, 6.07) is 5.53. The molecule has 1 atom stereocenters. The Hall–Kier alpha value is -2.10. The molecule has 1 unspecified atom stereocenters. The van der Waals surface area contributed by atoms with Crippen LogP contribution in [0.1, 0.15) is 50.7 Å². The molecule has 1 aromatic carbocycles. The summed E-state index contributed by atoms with van der Waals surface area (Å²) in [5.41, 5.74) is 2.02. The quantitative estimate of drug-likeness (QED) is 0.311. The lowest BCUT2D eigenvalue weighted by Crippen LogP contribution is -2.13. The Balaban J connectivity index is 2.43. The van der Waals surface area contributed by atoms with Crippen LogP contribution < -0.4 is 4.74 Å². The number of benzene rings is 1. The van der Waals surface area contributed by atoms with Gasteiger partial charge in [0.25, 0.3) is 0 Å². The van der Waals surface area contributed by atoms with Crippen LogP contribution in [0.3, 0.4) is 0 Å². The predicted octanol–water partition coefficient (Wildman–Crippen LogP) is 4.28. The lowest BCUT2D eigenvalue weighted by atomic mass is 10.1. The van der Waals surface area contributed by atoms with Gasteiger partial charge in [0, 0.05) is 12.2 Å². The predicted molar refractivity (Wildman–Crippen MR) is 90.4 cm³/mol. The molecule has 0 bridgehead atoms. The van der Waals surface area contributed by atoms with E-state index in [1.165, 1.54) is 0 Å². The second-order valence-electron chi connectivity index (χ2n) is 5.82. The summed E-state index contributed by atoms with van der Waals surface area (Å²) < 4.78 is 10.4. The minimum Gasteiger partial charge on any atom is -0.460 e. The van der Waals surface area contributed by atoms with E-state index in [4.69, 9.17) is 9.47 Å². The summed E-state index contributed by atoms with van der Waals surface area (Å²) in [7, 11) is 0. The number of hydrogen-bond donors (Lipinski definition) is 0. The fourth-order valence-electron chi connectivity index (χ4n) is 2.26. The number of esters is 2. The van der Waals surface area contributed by atoms with Crippen molar-refractivity contribution < 1.29 is 19.1 Å². The molecule has 1 aromatic rings. The molecule has 0 radical (unpaired) electrons. The Morgan fingerprint density at radius 3 is 2.26 bits per heavy atom. The average Bonchev–Trinajstić information content (AvgIpc) is 2.44. The van der Waals surface area contributed by atoms with Gasteiger partial charge in [-0.05, 0) is 56.9 Å². The maximum absolute atomic E-state index is 11.7. The summed E-state index contributed by atoms with van der Waals surface area (Å²) in [5, 5.41) is 0. The minimum atomic E-state index is -0.592. The van der Waals surface area contributed by atoms with E-state index in [-0.39, 0.29) is 6.10 Å². The van der Waals surface area contributed by atoms with Gasteiger partial charge in [-0.1, -0.05) is 25.8 Å². The van der Waals surface area contributed by atoms with Crippen LogP contribution in [-0.4, -0.2) is 18.0 Å². The third kappa shape index (κ3) is 8.19. The number of unbranched alkanes of at least 4 members (excludes halogenated alkanes) is 2. The maximum atomic E-state index is 11.7. The van der Waals surface area contributed by atoms with Crippen molar-refractivity contribution in [2.75, 3.05) is 0 Å². The number of aryl methyl sites for hydroxylation is 2. The van der Waals surface area contributed by atoms with Crippen LogP contribution in [0.2, 0.25) is 0 Å². The Labute approximate surface area is 138 Å². The first-order chi connectivity index (χ1) is 10.9. The van der Waals surface area contributed by atoms with Crippen molar-refractivity contribution in [2.24, 2.45) is 0 Å². The molecule has 0 heterocycles. The molecule has 4 heteroatoms. The highest BCUT2D eigenvalue weighted by Crippen LogP contribution is 2.16. The molecule has 23 heavy (non-hydrogen) atoms. The third-order valence-corrected chi connectivity index (χ3v) is 3.30. The van der Waals surface area contributed by atoms with Crippen molar-refractivity contribution in [2.45, 2.75) is 59.5 Å². The molecular weight excluding hydrogens is 292 g/mol. The highest BCUT2D eigenvalue weighted by molar-refractivity contribution is 5.92. The second kappa shape index (κ2) is 9.82. The number of hydrogen-bond acceptors (Lipinski definition) is 4. The average molecular weight is 318 g/mol.